The van der Waals surface area contributed by atoms with Crippen LogP contribution in [0.25, 0.3) is 0 Å². The van der Waals surface area contributed by atoms with Gasteiger partial charge in [-0.1, -0.05) is 26.7 Å². The summed E-state index contributed by atoms with van der Waals surface area (Å²) in [7, 11) is 0. The van der Waals surface area contributed by atoms with Gasteiger partial charge in [-0.15, -0.1) is 11.3 Å². The molecule has 3 heteroatoms. The first-order chi connectivity index (χ1) is 7.72. The van der Waals surface area contributed by atoms with E-state index in [9.17, 15) is 0 Å². The number of nitrogens with two attached hydrogens (primary N) is 1. The molecule has 0 amide bonds. The van der Waals surface area contributed by atoms with E-state index < -0.39 is 0 Å². The molecule has 2 nitrogen and oxygen atoms in total. The Morgan fingerprint density at radius 3 is 2.31 bits per heavy atom. The van der Waals surface area contributed by atoms with Crippen LogP contribution in [0.5, 0.6) is 0 Å². The van der Waals surface area contributed by atoms with Crippen molar-refractivity contribution in [3.8, 4) is 0 Å². The molecule has 0 bridgehead atoms. The van der Waals surface area contributed by atoms with Crippen molar-refractivity contribution >= 4 is 11.3 Å². The first kappa shape index (κ1) is 13.7. The molecular formula is C13H24N2S. The van der Waals surface area contributed by atoms with Gasteiger partial charge in [0.1, 0.15) is 0 Å². The predicted molar refractivity (Wildman–Crippen MR) is 72.4 cm³/mol. The van der Waals surface area contributed by atoms with Gasteiger partial charge in [-0.25, -0.2) is 0 Å². The average molecular weight is 240 g/mol. The summed E-state index contributed by atoms with van der Waals surface area (Å²) in [5.41, 5.74) is 4.37. The second-order valence-corrected chi connectivity index (χ2v) is 5.59. The van der Waals surface area contributed by atoms with E-state index in [2.05, 4.69) is 37.6 Å². The van der Waals surface area contributed by atoms with Crippen LogP contribution in [0.4, 0.5) is 0 Å². The van der Waals surface area contributed by atoms with Gasteiger partial charge in [-0.05, 0) is 42.7 Å². The van der Waals surface area contributed by atoms with E-state index in [1.54, 1.807) is 11.3 Å². The lowest BCUT2D eigenvalue weighted by Gasteiger charge is -2.25. The van der Waals surface area contributed by atoms with Gasteiger partial charge in [0.15, 0.2) is 0 Å². The Kier molecular flexibility index (Phi) is 6.03. The zero-order chi connectivity index (χ0) is 12.0. The lowest BCUT2D eigenvalue weighted by atomic mass is 9.87. The van der Waals surface area contributed by atoms with E-state index in [1.807, 2.05) is 0 Å². The molecule has 0 aliphatic carbocycles. The van der Waals surface area contributed by atoms with E-state index in [4.69, 9.17) is 5.84 Å². The maximum absolute atomic E-state index is 5.73. The average Bonchev–Trinajstić information content (AvgIpc) is 2.67. The third kappa shape index (κ3) is 3.58. The molecule has 3 N–H and O–H groups in total. The first-order valence-corrected chi connectivity index (χ1v) is 7.12. The zero-order valence-corrected chi connectivity index (χ0v) is 11.4. The van der Waals surface area contributed by atoms with Gasteiger partial charge in [0.25, 0.3) is 0 Å². The number of hydrogen-bond donors (Lipinski definition) is 2. The number of nitrogens with one attached hydrogen (secondary N) is 1. The van der Waals surface area contributed by atoms with Crippen LogP contribution in [0, 0.1) is 12.8 Å². The molecule has 0 aliphatic rings. The third-order valence-electron chi connectivity index (χ3n) is 3.08. The molecule has 0 saturated carbocycles. The normalized spacial score (nSPS) is 13.3. The van der Waals surface area contributed by atoms with E-state index >= 15 is 0 Å². The summed E-state index contributed by atoms with van der Waals surface area (Å²) in [4.78, 5) is 1.36. The van der Waals surface area contributed by atoms with Gasteiger partial charge in [0.2, 0.25) is 0 Å². The summed E-state index contributed by atoms with van der Waals surface area (Å²) in [6.07, 6.45) is 4.95. The van der Waals surface area contributed by atoms with Crippen LogP contribution >= 0.6 is 11.3 Å². The Balaban J connectivity index is 2.76. The van der Waals surface area contributed by atoms with Crippen molar-refractivity contribution in [2.24, 2.45) is 11.8 Å². The monoisotopic (exact) mass is 240 g/mol. The maximum Gasteiger partial charge on any atom is 0.0496 e. The molecule has 1 aromatic rings. The number of hydrogen-bond acceptors (Lipinski definition) is 3. The number of aryl methyl sites for hydroxylation is 1. The van der Waals surface area contributed by atoms with E-state index in [0.29, 0.717) is 12.0 Å². The van der Waals surface area contributed by atoms with Crippen LogP contribution in [0.1, 0.15) is 56.0 Å². The SMILES string of the molecule is CCCC(CCC)C(NN)c1csc(C)c1. The van der Waals surface area contributed by atoms with Gasteiger partial charge < -0.3 is 0 Å². The fraction of sp³-hybridized carbons (Fsp3) is 0.692. The number of hydrazine groups is 1. The van der Waals surface area contributed by atoms with Crippen LogP contribution in [-0.2, 0) is 0 Å². The highest BCUT2D eigenvalue weighted by Crippen LogP contribution is 2.31. The third-order valence-corrected chi connectivity index (χ3v) is 3.96. The van der Waals surface area contributed by atoms with Crippen molar-refractivity contribution in [1.29, 1.82) is 0 Å². The topological polar surface area (TPSA) is 38.0 Å². The van der Waals surface area contributed by atoms with Crippen LogP contribution in [0.3, 0.4) is 0 Å². The summed E-state index contributed by atoms with van der Waals surface area (Å²) in [5.74, 6) is 6.39. The van der Waals surface area contributed by atoms with Crippen molar-refractivity contribution in [1.82, 2.24) is 5.43 Å². The summed E-state index contributed by atoms with van der Waals surface area (Å²) >= 11 is 1.81. The standard InChI is InChI=1S/C13H24N2S/c1-4-6-11(7-5-2)13(15-14)12-8-10(3)16-9-12/h8-9,11,13,15H,4-7,14H2,1-3H3. The maximum atomic E-state index is 5.73. The predicted octanol–water partition coefficient (Wildman–Crippen LogP) is 3.78. The van der Waals surface area contributed by atoms with Crippen molar-refractivity contribution in [3.05, 3.63) is 21.9 Å². The highest BCUT2D eigenvalue weighted by Gasteiger charge is 2.21. The van der Waals surface area contributed by atoms with Crippen molar-refractivity contribution in [2.75, 3.05) is 0 Å². The molecule has 0 fully saturated rings. The Morgan fingerprint density at radius 1 is 1.31 bits per heavy atom. The van der Waals surface area contributed by atoms with Crippen molar-refractivity contribution < 1.29 is 0 Å². The molecule has 1 heterocycles. The molecule has 1 rings (SSSR count). The Labute approximate surface area is 103 Å². The smallest absolute Gasteiger partial charge is 0.0496 e. The highest BCUT2D eigenvalue weighted by molar-refractivity contribution is 7.10. The first-order valence-electron chi connectivity index (χ1n) is 6.24. The summed E-state index contributed by atoms with van der Waals surface area (Å²) in [6.45, 7) is 6.64. The van der Waals surface area contributed by atoms with Crippen molar-refractivity contribution in [3.63, 3.8) is 0 Å². The molecule has 0 spiro atoms. The minimum absolute atomic E-state index is 0.324. The lowest BCUT2D eigenvalue weighted by molar-refractivity contribution is 0.320. The van der Waals surface area contributed by atoms with Crippen LogP contribution in [0.15, 0.2) is 11.4 Å². The Bertz CT molecular complexity index is 290. The molecular weight excluding hydrogens is 216 g/mol. The minimum Gasteiger partial charge on any atom is -0.271 e. The minimum atomic E-state index is 0.324. The molecule has 0 radical (unpaired) electrons. The zero-order valence-electron chi connectivity index (χ0n) is 10.6. The van der Waals surface area contributed by atoms with E-state index in [0.717, 1.165) is 0 Å². The molecule has 16 heavy (non-hydrogen) atoms. The molecule has 0 saturated heterocycles. The Hall–Kier alpha value is -0.380. The molecule has 1 atom stereocenters. The van der Waals surface area contributed by atoms with Gasteiger partial charge in [-0.2, -0.15) is 0 Å². The van der Waals surface area contributed by atoms with Gasteiger partial charge in [0.05, 0.1) is 0 Å². The fourth-order valence-electron chi connectivity index (χ4n) is 2.35. The van der Waals surface area contributed by atoms with E-state index in [1.165, 1.54) is 36.1 Å². The summed E-state index contributed by atoms with van der Waals surface area (Å²) in [6, 6.07) is 2.58. The number of rotatable bonds is 7. The summed E-state index contributed by atoms with van der Waals surface area (Å²) < 4.78 is 0. The quantitative estimate of drug-likeness (QED) is 0.562. The van der Waals surface area contributed by atoms with Crippen molar-refractivity contribution in [2.45, 2.75) is 52.5 Å². The highest BCUT2D eigenvalue weighted by atomic mass is 32.1. The molecule has 0 aromatic carbocycles. The fourth-order valence-corrected chi connectivity index (χ4v) is 3.09. The van der Waals surface area contributed by atoms with Gasteiger partial charge in [0, 0.05) is 10.9 Å². The second-order valence-electron chi connectivity index (χ2n) is 4.47. The van der Waals surface area contributed by atoms with Gasteiger partial charge >= 0.3 is 0 Å². The van der Waals surface area contributed by atoms with Crippen LogP contribution in [-0.4, -0.2) is 0 Å². The summed E-state index contributed by atoms with van der Waals surface area (Å²) in [5, 5.41) is 2.23. The van der Waals surface area contributed by atoms with Crippen LogP contribution < -0.4 is 11.3 Å². The van der Waals surface area contributed by atoms with Crippen LogP contribution in [0.2, 0.25) is 0 Å². The number of thiophene rings is 1. The Morgan fingerprint density at radius 2 is 1.94 bits per heavy atom. The van der Waals surface area contributed by atoms with Gasteiger partial charge in [-0.3, -0.25) is 11.3 Å². The molecule has 92 valence electrons. The lowest BCUT2D eigenvalue weighted by Crippen LogP contribution is -2.33. The molecule has 1 unspecified atom stereocenters. The molecule has 0 aliphatic heterocycles. The van der Waals surface area contributed by atoms with E-state index in [-0.39, 0.29) is 0 Å². The second kappa shape index (κ2) is 7.05. The largest absolute Gasteiger partial charge is 0.271 e. The molecule has 1 aromatic heterocycles.